The Labute approximate surface area is 79.6 Å². The van der Waals surface area contributed by atoms with Gasteiger partial charge in [-0.25, -0.2) is 0 Å². The van der Waals surface area contributed by atoms with Crippen molar-refractivity contribution in [2.75, 3.05) is 0 Å². The highest BCUT2D eigenvalue weighted by molar-refractivity contribution is 6.32. The fourth-order valence-electron chi connectivity index (χ4n) is 1.83. The van der Waals surface area contributed by atoms with Crippen molar-refractivity contribution < 1.29 is 4.79 Å². The molecule has 1 aliphatic rings. The topological polar surface area (TPSA) is 17.1 Å². The maximum atomic E-state index is 11.3. The van der Waals surface area contributed by atoms with Crippen LogP contribution in [0, 0.1) is 0 Å². The normalized spacial score (nSPS) is 16.5. The van der Waals surface area contributed by atoms with Gasteiger partial charge in [0.2, 0.25) is 0 Å². The molecule has 64 valence electrons. The lowest BCUT2D eigenvalue weighted by Gasteiger charge is -2.05. The molecule has 0 saturated heterocycles. The van der Waals surface area contributed by atoms with Crippen LogP contribution in [0.25, 0.3) is 0 Å². The molecule has 1 nitrogen and oxygen atoms in total. The number of aryl methyl sites for hydroxylation is 1. The molecule has 0 aromatic heterocycles. The summed E-state index contributed by atoms with van der Waals surface area (Å²) in [5.41, 5.74) is 3.22. The lowest BCUT2D eigenvalue weighted by Crippen LogP contribution is -2.06. The number of benzene rings is 1. The Morgan fingerprint density at radius 1 is 1.15 bits per heavy atom. The second-order valence-electron chi connectivity index (χ2n) is 3.60. The Morgan fingerprint density at radius 3 is 2.85 bits per heavy atom. The molecule has 0 unspecified atom stereocenters. The second-order valence-corrected chi connectivity index (χ2v) is 3.60. The highest BCUT2D eigenvalue weighted by Crippen LogP contribution is 2.17. The van der Waals surface area contributed by atoms with Crippen LogP contribution in [0.1, 0.15) is 24.0 Å². The van der Waals surface area contributed by atoms with Crippen molar-refractivity contribution in [1.82, 2.24) is 0 Å². The van der Waals surface area contributed by atoms with Gasteiger partial charge in [-0.15, -0.1) is 0 Å². The van der Waals surface area contributed by atoms with Crippen molar-refractivity contribution in [3.63, 3.8) is 0 Å². The zero-order valence-electron chi connectivity index (χ0n) is 7.55. The van der Waals surface area contributed by atoms with Crippen LogP contribution in [0.3, 0.4) is 0 Å². The number of carbonyl (C=O) groups excluding carboxylic acids is 1. The number of fused-ring (bicyclic) bond motifs is 1. The van der Waals surface area contributed by atoms with Gasteiger partial charge in [0.25, 0.3) is 0 Å². The summed E-state index contributed by atoms with van der Waals surface area (Å²) >= 11 is 0. The predicted octanol–water partition coefficient (Wildman–Crippen LogP) is 0.928. The van der Waals surface area contributed by atoms with Gasteiger partial charge in [-0.3, -0.25) is 4.79 Å². The van der Waals surface area contributed by atoms with Gasteiger partial charge >= 0.3 is 0 Å². The first-order valence-corrected chi connectivity index (χ1v) is 4.65. The van der Waals surface area contributed by atoms with Crippen molar-refractivity contribution in [2.24, 2.45) is 0 Å². The van der Waals surface area contributed by atoms with E-state index in [0.717, 1.165) is 23.9 Å². The minimum Gasteiger partial charge on any atom is -0.299 e. The van der Waals surface area contributed by atoms with Crippen LogP contribution in [-0.4, -0.2) is 13.6 Å². The lowest BCUT2D eigenvalue weighted by atomic mass is 9.90. The van der Waals surface area contributed by atoms with Crippen molar-refractivity contribution in [3.8, 4) is 0 Å². The van der Waals surface area contributed by atoms with Gasteiger partial charge in [0.1, 0.15) is 13.6 Å². The van der Waals surface area contributed by atoms with Crippen molar-refractivity contribution in [1.29, 1.82) is 0 Å². The molecule has 1 aromatic carbocycles. The van der Waals surface area contributed by atoms with E-state index in [1.807, 2.05) is 18.2 Å². The second kappa shape index (κ2) is 3.37. The molecule has 2 heteroatoms. The fraction of sp³-hybridized carbons (Fsp3) is 0.364. The van der Waals surface area contributed by atoms with E-state index in [4.69, 9.17) is 7.85 Å². The van der Waals surface area contributed by atoms with Crippen LogP contribution in [0.4, 0.5) is 0 Å². The fourth-order valence-corrected chi connectivity index (χ4v) is 1.83. The maximum absolute atomic E-state index is 11.3. The first-order chi connectivity index (χ1) is 6.25. The molecular formula is C11H11BO. The average molecular weight is 170 g/mol. The van der Waals surface area contributed by atoms with Gasteiger partial charge < -0.3 is 0 Å². The van der Waals surface area contributed by atoms with Gasteiger partial charge in [-0.05, 0) is 24.0 Å². The van der Waals surface area contributed by atoms with E-state index in [0.29, 0.717) is 18.6 Å². The van der Waals surface area contributed by atoms with E-state index in [-0.39, 0.29) is 0 Å². The maximum Gasteiger partial charge on any atom is 0.137 e. The molecule has 1 aromatic rings. The minimum absolute atomic E-state index is 0.350. The monoisotopic (exact) mass is 170 g/mol. The summed E-state index contributed by atoms with van der Waals surface area (Å²) in [7, 11) is 5.68. The molecule has 13 heavy (non-hydrogen) atoms. The molecule has 0 N–H and O–H groups in total. The lowest BCUT2D eigenvalue weighted by molar-refractivity contribution is -0.118. The molecule has 2 rings (SSSR count). The van der Waals surface area contributed by atoms with Gasteiger partial charge in [0.05, 0.1) is 0 Å². The Balaban J connectivity index is 2.40. The van der Waals surface area contributed by atoms with Crippen molar-refractivity contribution in [2.45, 2.75) is 25.7 Å². The molecular weight excluding hydrogens is 159 g/mol. The average Bonchev–Trinajstić information content (AvgIpc) is 2.25. The highest BCUT2D eigenvalue weighted by Gasteiger charge is 2.12. The summed E-state index contributed by atoms with van der Waals surface area (Å²) in [6.07, 6.45) is 3.27. The van der Waals surface area contributed by atoms with E-state index in [9.17, 15) is 4.79 Å². The molecule has 0 spiro atoms. The largest absolute Gasteiger partial charge is 0.299 e. The zero-order valence-corrected chi connectivity index (χ0v) is 7.55. The van der Waals surface area contributed by atoms with E-state index < -0.39 is 0 Å². The summed E-state index contributed by atoms with van der Waals surface area (Å²) in [5.74, 6) is 0.350. The van der Waals surface area contributed by atoms with Crippen LogP contribution in [-0.2, 0) is 17.6 Å². The van der Waals surface area contributed by atoms with Crippen LogP contribution in [0.15, 0.2) is 18.2 Å². The Kier molecular flexibility index (Phi) is 2.21. The number of ketones is 1. The zero-order chi connectivity index (χ0) is 9.26. The molecule has 0 fully saturated rings. The molecule has 1 aliphatic carbocycles. The van der Waals surface area contributed by atoms with E-state index >= 15 is 0 Å². The number of hydrogen-bond donors (Lipinski definition) is 0. The third kappa shape index (κ3) is 1.82. The van der Waals surface area contributed by atoms with Crippen LogP contribution in [0.5, 0.6) is 0 Å². The number of carbonyl (C=O) groups is 1. The Hall–Kier alpha value is -1.05. The highest BCUT2D eigenvalue weighted by atomic mass is 16.1. The van der Waals surface area contributed by atoms with Gasteiger partial charge in [0, 0.05) is 12.8 Å². The third-order valence-electron chi connectivity index (χ3n) is 2.52. The quantitative estimate of drug-likeness (QED) is 0.418. The van der Waals surface area contributed by atoms with Gasteiger partial charge in [-0.1, -0.05) is 23.7 Å². The first kappa shape index (κ1) is 8.55. The van der Waals surface area contributed by atoms with E-state index in [1.54, 1.807) is 0 Å². The first-order valence-electron chi connectivity index (χ1n) is 4.65. The molecule has 0 bridgehead atoms. The van der Waals surface area contributed by atoms with E-state index in [1.165, 1.54) is 5.56 Å². The Morgan fingerprint density at radius 2 is 2.00 bits per heavy atom. The third-order valence-corrected chi connectivity index (χ3v) is 2.52. The summed E-state index contributed by atoms with van der Waals surface area (Å²) in [5, 5.41) is 0. The van der Waals surface area contributed by atoms with Gasteiger partial charge in [0.15, 0.2) is 0 Å². The van der Waals surface area contributed by atoms with Crippen LogP contribution in [0.2, 0.25) is 0 Å². The Bertz CT molecular complexity index is 344. The molecule has 0 heterocycles. The standard InChI is InChI=1S/C11H11BO/c12-10-5-4-9-7-11(13)3-1-2-8(9)6-10/h4-6H,1-3,7H2. The van der Waals surface area contributed by atoms with Crippen LogP contribution < -0.4 is 5.46 Å². The molecule has 0 atom stereocenters. The SMILES string of the molecule is [B]c1ccc2c(c1)CCCC(=O)C2. The number of rotatable bonds is 0. The number of Topliss-reactive ketones (excluding diaryl/α,β-unsaturated/α-hetero) is 1. The van der Waals surface area contributed by atoms with E-state index in [2.05, 4.69) is 0 Å². The summed E-state index contributed by atoms with van der Waals surface area (Å²) in [6.45, 7) is 0. The van der Waals surface area contributed by atoms with Crippen LogP contribution >= 0.6 is 0 Å². The number of hydrogen-bond acceptors (Lipinski definition) is 1. The smallest absolute Gasteiger partial charge is 0.137 e. The molecule has 0 aliphatic heterocycles. The summed E-state index contributed by atoms with van der Waals surface area (Å²) in [4.78, 5) is 11.3. The van der Waals surface area contributed by atoms with Crippen molar-refractivity contribution in [3.05, 3.63) is 29.3 Å². The van der Waals surface area contributed by atoms with Gasteiger partial charge in [-0.2, -0.15) is 0 Å². The van der Waals surface area contributed by atoms with Crippen molar-refractivity contribution >= 4 is 19.1 Å². The minimum atomic E-state index is 0.350. The summed E-state index contributed by atoms with van der Waals surface area (Å²) < 4.78 is 0. The summed E-state index contributed by atoms with van der Waals surface area (Å²) in [6, 6.07) is 5.85. The predicted molar refractivity (Wildman–Crippen MR) is 53.5 cm³/mol. The molecule has 2 radical (unpaired) electrons. The molecule has 0 amide bonds. The molecule has 0 saturated carbocycles.